The number of hydrogen-bond donors (Lipinski definition) is 2. The van der Waals surface area contributed by atoms with Crippen LogP contribution < -0.4 is 15.4 Å². The van der Waals surface area contributed by atoms with Crippen molar-refractivity contribution in [1.29, 1.82) is 0 Å². The van der Waals surface area contributed by atoms with Crippen molar-refractivity contribution in [3.63, 3.8) is 0 Å². The van der Waals surface area contributed by atoms with Crippen LogP contribution in [-0.2, 0) is 16.0 Å². The van der Waals surface area contributed by atoms with E-state index >= 15 is 0 Å². The molecule has 0 bridgehead atoms. The monoisotopic (exact) mass is 495 g/mol. The summed E-state index contributed by atoms with van der Waals surface area (Å²) < 4.78 is 30.1. The maximum atomic E-state index is 13.9. The number of nitrogens with zero attached hydrogens (tertiary/aromatic N) is 1. The molecule has 0 aliphatic carbocycles. The highest BCUT2D eigenvalue weighted by atomic mass is 127. The molecule has 1 atom stereocenters. The predicted octanol–water partition coefficient (Wildman–Crippen LogP) is 2.95. The number of benzene rings is 1. The number of rotatable bonds is 10. The summed E-state index contributed by atoms with van der Waals surface area (Å²) in [5.74, 6) is 1.16. The van der Waals surface area contributed by atoms with Gasteiger partial charge in [-0.1, -0.05) is 6.07 Å². The maximum absolute atomic E-state index is 13.9. The lowest BCUT2D eigenvalue weighted by Gasteiger charge is -2.13. The molecule has 0 radical (unpaired) electrons. The molecule has 1 saturated heterocycles. The fourth-order valence-corrected chi connectivity index (χ4v) is 2.68. The molecule has 2 N–H and O–H groups in total. The Bertz CT molecular complexity index is 569. The van der Waals surface area contributed by atoms with Crippen LogP contribution in [0.1, 0.15) is 25.3 Å². The summed E-state index contributed by atoms with van der Waals surface area (Å²) in [6.07, 6.45) is 1.99. The Balaban J connectivity index is 0.00000364. The highest BCUT2D eigenvalue weighted by molar-refractivity contribution is 14.0. The van der Waals surface area contributed by atoms with Crippen LogP contribution in [-0.4, -0.2) is 52.6 Å². The van der Waals surface area contributed by atoms with E-state index < -0.39 is 0 Å². The fraction of sp³-hybridized carbons (Fsp3) is 0.632. The van der Waals surface area contributed by atoms with Gasteiger partial charge in [0.25, 0.3) is 0 Å². The standard InChI is InChI=1S/C19H30FN3O3.HI/c1-3-26-18-6-5-15(11-17(18)20)12-23-19(21-2)22-8-4-9-24-13-16-7-10-25-14-16;/h5-6,11,16H,3-4,7-10,12-14H2,1-2H3,(H2,21,22,23);1H. The van der Waals surface area contributed by atoms with Gasteiger partial charge in [-0.2, -0.15) is 0 Å². The molecule has 0 spiro atoms. The minimum Gasteiger partial charge on any atom is -0.491 e. The van der Waals surface area contributed by atoms with Gasteiger partial charge in [0.1, 0.15) is 0 Å². The second-order valence-corrected chi connectivity index (χ2v) is 6.21. The Kier molecular flexibility index (Phi) is 12.4. The van der Waals surface area contributed by atoms with Crippen LogP contribution in [0.4, 0.5) is 4.39 Å². The zero-order chi connectivity index (χ0) is 18.6. The van der Waals surface area contributed by atoms with Crippen molar-refractivity contribution in [2.24, 2.45) is 10.9 Å². The van der Waals surface area contributed by atoms with Crippen LogP contribution >= 0.6 is 24.0 Å². The van der Waals surface area contributed by atoms with Gasteiger partial charge in [-0.15, -0.1) is 24.0 Å². The van der Waals surface area contributed by atoms with Crippen LogP contribution in [0.2, 0.25) is 0 Å². The first-order valence-corrected chi connectivity index (χ1v) is 9.24. The number of aliphatic imine (C=N–C) groups is 1. The van der Waals surface area contributed by atoms with Crippen molar-refractivity contribution in [3.8, 4) is 5.75 Å². The Morgan fingerprint density at radius 3 is 2.89 bits per heavy atom. The van der Waals surface area contributed by atoms with Gasteiger partial charge < -0.3 is 24.8 Å². The van der Waals surface area contributed by atoms with Gasteiger partial charge in [0, 0.05) is 39.3 Å². The average molecular weight is 495 g/mol. The number of hydrogen-bond acceptors (Lipinski definition) is 4. The third-order valence-corrected chi connectivity index (χ3v) is 4.12. The molecule has 6 nitrogen and oxygen atoms in total. The van der Waals surface area contributed by atoms with Gasteiger partial charge in [-0.05, 0) is 37.5 Å². The predicted molar refractivity (Wildman–Crippen MR) is 116 cm³/mol. The first-order chi connectivity index (χ1) is 12.7. The third-order valence-electron chi connectivity index (χ3n) is 4.12. The lowest BCUT2D eigenvalue weighted by molar-refractivity contribution is 0.0888. The molecule has 154 valence electrons. The molecule has 0 saturated carbocycles. The number of nitrogens with one attached hydrogen (secondary N) is 2. The van der Waals surface area contributed by atoms with Gasteiger partial charge in [0.2, 0.25) is 0 Å². The van der Waals surface area contributed by atoms with Crippen molar-refractivity contribution in [2.75, 3.05) is 46.6 Å². The average Bonchev–Trinajstić information content (AvgIpc) is 3.16. The highest BCUT2D eigenvalue weighted by Gasteiger charge is 2.15. The van der Waals surface area contributed by atoms with E-state index in [1.54, 1.807) is 13.1 Å². The Morgan fingerprint density at radius 2 is 2.22 bits per heavy atom. The van der Waals surface area contributed by atoms with Crippen LogP contribution in [0, 0.1) is 11.7 Å². The highest BCUT2D eigenvalue weighted by Crippen LogP contribution is 2.18. The second-order valence-electron chi connectivity index (χ2n) is 6.21. The minimum absolute atomic E-state index is 0. The molecular formula is C19H31FIN3O3. The molecule has 0 amide bonds. The van der Waals surface area contributed by atoms with Gasteiger partial charge in [0.05, 0.1) is 19.8 Å². The normalized spacial score (nSPS) is 16.7. The summed E-state index contributed by atoms with van der Waals surface area (Å²) in [6, 6.07) is 4.97. The summed E-state index contributed by atoms with van der Waals surface area (Å²) in [4.78, 5) is 4.17. The Labute approximate surface area is 178 Å². The van der Waals surface area contributed by atoms with Crippen molar-refractivity contribution in [1.82, 2.24) is 10.6 Å². The summed E-state index contributed by atoms with van der Waals surface area (Å²) >= 11 is 0. The summed E-state index contributed by atoms with van der Waals surface area (Å²) in [5.41, 5.74) is 0.830. The van der Waals surface area contributed by atoms with E-state index in [2.05, 4.69) is 15.6 Å². The van der Waals surface area contributed by atoms with Crippen molar-refractivity contribution in [2.45, 2.75) is 26.3 Å². The maximum Gasteiger partial charge on any atom is 0.191 e. The quantitative estimate of drug-likeness (QED) is 0.226. The minimum atomic E-state index is -0.348. The van der Waals surface area contributed by atoms with Gasteiger partial charge in [0.15, 0.2) is 17.5 Å². The zero-order valence-electron chi connectivity index (χ0n) is 16.1. The van der Waals surface area contributed by atoms with Crippen LogP contribution in [0.5, 0.6) is 5.75 Å². The van der Waals surface area contributed by atoms with E-state index in [9.17, 15) is 4.39 Å². The molecule has 1 fully saturated rings. The molecule has 1 aliphatic heterocycles. The van der Waals surface area contributed by atoms with Crippen LogP contribution in [0.3, 0.4) is 0 Å². The summed E-state index contributed by atoms with van der Waals surface area (Å²) in [7, 11) is 1.71. The summed E-state index contributed by atoms with van der Waals surface area (Å²) in [6.45, 7) is 6.69. The number of ether oxygens (including phenoxy) is 3. The molecule has 1 heterocycles. The Hall–Kier alpha value is -1.13. The van der Waals surface area contributed by atoms with Crippen molar-refractivity contribution < 1.29 is 18.6 Å². The Morgan fingerprint density at radius 1 is 1.37 bits per heavy atom. The molecule has 1 unspecified atom stereocenters. The molecule has 1 aromatic carbocycles. The molecular weight excluding hydrogens is 464 g/mol. The second kappa shape index (κ2) is 14.0. The summed E-state index contributed by atoms with van der Waals surface area (Å²) in [5, 5.41) is 6.40. The van der Waals surface area contributed by atoms with E-state index in [-0.39, 0.29) is 35.5 Å². The van der Waals surface area contributed by atoms with Gasteiger partial charge in [-0.3, -0.25) is 4.99 Å². The third kappa shape index (κ3) is 9.07. The van der Waals surface area contributed by atoms with Crippen molar-refractivity contribution >= 4 is 29.9 Å². The van der Waals surface area contributed by atoms with E-state index in [1.165, 1.54) is 6.07 Å². The largest absolute Gasteiger partial charge is 0.491 e. The lowest BCUT2D eigenvalue weighted by Crippen LogP contribution is -2.37. The SMILES string of the molecule is CCOc1ccc(CNC(=NC)NCCCOCC2CCOC2)cc1F.I. The molecule has 1 aliphatic rings. The first kappa shape index (κ1) is 23.9. The molecule has 2 rings (SSSR count). The van der Waals surface area contributed by atoms with Gasteiger partial charge >= 0.3 is 0 Å². The number of guanidine groups is 1. The smallest absolute Gasteiger partial charge is 0.191 e. The van der Waals surface area contributed by atoms with Crippen LogP contribution in [0.15, 0.2) is 23.2 Å². The number of halogens is 2. The lowest BCUT2D eigenvalue weighted by atomic mass is 10.1. The van der Waals surface area contributed by atoms with Gasteiger partial charge in [-0.25, -0.2) is 4.39 Å². The van der Waals surface area contributed by atoms with E-state index in [1.807, 2.05) is 13.0 Å². The first-order valence-electron chi connectivity index (χ1n) is 9.24. The van der Waals surface area contributed by atoms with E-state index in [0.717, 1.165) is 44.8 Å². The fourth-order valence-electron chi connectivity index (χ4n) is 2.68. The molecule has 0 aromatic heterocycles. The van der Waals surface area contributed by atoms with Crippen molar-refractivity contribution in [3.05, 3.63) is 29.6 Å². The molecule has 27 heavy (non-hydrogen) atoms. The zero-order valence-corrected chi connectivity index (χ0v) is 18.5. The molecule has 1 aromatic rings. The van der Waals surface area contributed by atoms with E-state index in [0.29, 0.717) is 31.6 Å². The molecule has 8 heteroatoms. The topological polar surface area (TPSA) is 64.1 Å². The van der Waals surface area contributed by atoms with E-state index in [4.69, 9.17) is 14.2 Å². The van der Waals surface area contributed by atoms with Crippen LogP contribution in [0.25, 0.3) is 0 Å².